The van der Waals surface area contributed by atoms with Crippen LogP contribution in [0.5, 0.6) is 0 Å². The van der Waals surface area contributed by atoms with Crippen LogP contribution in [0.2, 0.25) is 0 Å². The van der Waals surface area contributed by atoms with E-state index < -0.39 is 0 Å². The molecule has 2 bridgehead atoms. The van der Waals surface area contributed by atoms with E-state index in [0.717, 1.165) is 36.4 Å². The summed E-state index contributed by atoms with van der Waals surface area (Å²) in [4.78, 5) is 2.68. The van der Waals surface area contributed by atoms with E-state index in [-0.39, 0.29) is 0 Å². The van der Waals surface area contributed by atoms with Crippen molar-refractivity contribution in [2.75, 3.05) is 19.6 Å². The molecule has 2 fully saturated rings. The minimum Gasteiger partial charge on any atom is -0.459 e. The third-order valence-electron chi connectivity index (χ3n) is 5.18. The van der Waals surface area contributed by atoms with Gasteiger partial charge in [-0.1, -0.05) is 25.1 Å². The number of hydrogen-bond acceptors (Lipinski definition) is 3. The average molecular weight is 284 g/mol. The number of benzene rings is 1. The predicted octanol–water partition coefficient (Wildman–Crippen LogP) is 3.57. The summed E-state index contributed by atoms with van der Waals surface area (Å²) in [6.07, 6.45) is 4.25. The van der Waals surface area contributed by atoms with Crippen molar-refractivity contribution in [2.45, 2.75) is 38.3 Å². The van der Waals surface area contributed by atoms with Crippen molar-refractivity contribution in [1.29, 1.82) is 0 Å². The molecule has 0 radical (unpaired) electrons. The van der Waals surface area contributed by atoms with Gasteiger partial charge in [0.25, 0.3) is 0 Å². The lowest BCUT2D eigenvalue weighted by Crippen LogP contribution is -2.39. The van der Waals surface area contributed by atoms with Crippen molar-refractivity contribution in [3.8, 4) is 0 Å². The minimum absolute atomic E-state index is 0.307. The second-order valence-corrected chi connectivity index (χ2v) is 6.58. The van der Waals surface area contributed by atoms with Crippen molar-refractivity contribution in [3.63, 3.8) is 0 Å². The van der Waals surface area contributed by atoms with Gasteiger partial charge in [0, 0.05) is 24.5 Å². The summed E-state index contributed by atoms with van der Waals surface area (Å²) < 4.78 is 6.08. The van der Waals surface area contributed by atoms with Crippen LogP contribution >= 0.6 is 0 Å². The van der Waals surface area contributed by atoms with Crippen LogP contribution in [0.25, 0.3) is 11.0 Å². The molecule has 1 N–H and O–H groups in total. The fraction of sp³-hybridized carbons (Fsp3) is 0.556. The number of rotatable bonds is 5. The van der Waals surface area contributed by atoms with Gasteiger partial charge >= 0.3 is 0 Å². The molecule has 4 rings (SSSR count). The Kier molecular flexibility index (Phi) is 3.48. The summed E-state index contributed by atoms with van der Waals surface area (Å²) in [7, 11) is 0. The molecule has 1 aliphatic heterocycles. The van der Waals surface area contributed by atoms with E-state index in [9.17, 15) is 0 Å². The molecular weight excluding hydrogens is 260 g/mol. The predicted molar refractivity (Wildman–Crippen MR) is 85.3 cm³/mol. The minimum atomic E-state index is 0.307. The molecule has 1 saturated heterocycles. The van der Waals surface area contributed by atoms with E-state index in [4.69, 9.17) is 4.42 Å². The third kappa shape index (κ3) is 2.49. The van der Waals surface area contributed by atoms with Gasteiger partial charge in [-0.15, -0.1) is 0 Å². The van der Waals surface area contributed by atoms with Crippen molar-refractivity contribution in [3.05, 3.63) is 36.1 Å². The van der Waals surface area contributed by atoms with E-state index in [2.05, 4.69) is 41.4 Å². The van der Waals surface area contributed by atoms with Crippen LogP contribution in [0, 0.1) is 5.92 Å². The zero-order valence-corrected chi connectivity index (χ0v) is 12.7. The number of likely N-dealkylation sites (tertiary alicyclic amines) is 1. The molecule has 0 spiro atoms. The summed E-state index contributed by atoms with van der Waals surface area (Å²) in [5, 5.41) is 4.82. The second-order valence-electron chi connectivity index (χ2n) is 6.58. The van der Waals surface area contributed by atoms with Crippen molar-refractivity contribution in [2.24, 2.45) is 5.92 Å². The molecule has 21 heavy (non-hydrogen) atoms. The van der Waals surface area contributed by atoms with Crippen LogP contribution in [0.15, 0.2) is 34.7 Å². The maximum atomic E-state index is 6.08. The molecule has 0 amide bonds. The van der Waals surface area contributed by atoms with E-state index in [1.165, 1.54) is 31.2 Å². The lowest BCUT2D eigenvalue weighted by molar-refractivity contribution is 0.185. The first-order valence-corrected chi connectivity index (χ1v) is 8.29. The Morgan fingerprint density at radius 2 is 2.24 bits per heavy atom. The van der Waals surface area contributed by atoms with E-state index >= 15 is 0 Å². The van der Waals surface area contributed by atoms with Crippen molar-refractivity contribution < 1.29 is 4.42 Å². The fourth-order valence-corrected chi connectivity index (χ4v) is 4.16. The molecule has 1 aromatic carbocycles. The summed E-state index contributed by atoms with van der Waals surface area (Å²) in [6, 6.07) is 11.6. The van der Waals surface area contributed by atoms with Gasteiger partial charge in [0.2, 0.25) is 0 Å². The summed E-state index contributed by atoms with van der Waals surface area (Å²) in [5.74, 6) is 2.04. The molecule has 1 aliphatic carbocycles. The van der Waals surface area contributed by atoms with Crippen molar-refractivity contribution in [1.82, 2.24) is 10.2 Å². The lowest BCUT2D eigenvalue weighted by atomic mass is 10.1. The molecule has 3 atom stereocenters. The largest absolute Gasteiger partial charge is 0.459 e. The molecule has 2 aromatic rings. The van der Waals surface area contributed by atoms with Crippen LogP contribution in [-0.2, 0) is 0 Å². The third-order valence-corrected chi connectivity index (χ3v) is 5.18. The number of nitrogens with one attached hydrogen (secondary N) is 1. The monoisotopic (exact) mass is 284 g/mol. The molecule has 112 valence electrons. The zero-order valence-electron chi connectivity index (χ0n) is 12.7. The highest BCUT2D eigenvalue weighted by atomic mass is 16.3. The number of hydrogen-bond donors (Lipinski definition) is 1. The normalized spacial score (nSPS) is 26.7. The molecule has 3 heteroatoms. The smallest absolute Gasteiger partial charge is 0.134 e. The Morgan fingerprint density at radius 1 is 1.33 bits per heavy atom. The molecular formula is C18H24N2O. The number of piperidine rings is 1. The molecule has 2 heterocycles. The van der Waals surface area contributed by atoms with Gasteiger partial charge < -0.3 is 9.73 Å². The Morgan fingerprint density at radius 3 is 2.95 bits per heavy atom. The number of nitrogens with zero attached hydrogens (tertiary/aromatic N) is 1. The van der Waals surface area contributed by atoms with Gasteiger partial charge in [0.05, 0.1) is 6.04 Å². The van der Waals surface area contributed by atoms with E-state index in [0.29, 0.717) is 6.04 Å². The standard InChI is InChI=1S/C18H24N2O/c1-2-19-16(12-20-11-13-7-8-15(20)9-13)18-10-14-5-3-4-6-17(14)21-18/h3-6,10,13,15-16,19H,2,7-9,11-12H2,1H3. The maximum Gasteiger partial charge on any atom is 0.134 e. The quantitative estimate of drug-likeness (QED) is 0.910. The van der Waals surface area contributed by atoms with Crippen LogP contribution in [0.3, 0.4) is 0 Å². The Bertz CT molecular complexity index is 587. The van der Waals surface area contributed by atoms with Gasteiger partial charge in [-0.25, -0.2) is 0 Å². The SMILES string of the molecule is CCNC(CN1CC2CCC1C2)c1cc2ccccc2o1. The van der Waals surface area contributed by atoms with Crippen LogP contribution in [0.1, 0.15) is 38.0 Å². The molecule has 3 nitrogen and oxygen atoms in total. The first kappa shape index (κ1) is 13.4. The van der Waals surface area contributed by atoms with E-state index in [1.807, 2.05) is 6.07 Å². The fourth-order valence-electron chi connectivity index (χ4n) is 4.16. The van der Waals surface area contributed by atoms with Crippen LogP contribution in [0.4, 0.5) is 0 Å². The highest BCUT2D eigenvalue weighted by Gasteiger charge is 2.38. The van der Waals surface area contributed by atoms with Gasteiger partial charge in [-0.2, -0.15) is 0 Å². The first-order valence-electron chi connectivity index (χ1n) is 8.29. The number of furan rings is 1. The zero-order chi connectivity index (χ0) is 14.2. The Balaban J connectivity index is 1.55. The highest BCUT2D eigenvalue weighted by Crippen LogP contribution is 2.38. The van der Waals surface area contributed by atoms with Gasteiger partial charge in [-0.05, 0) is 43.9 Å². The average Bonchev–Trinajstić information content (AvgIpc) is 3.21. The second kappa shape index (κ2) is 5.47. The summed E-state index contributed by atoms with van der Waals surface area (Å²) >= 11 is 0. The van der Waals surface area contributed by atoms with Crippen LogP contribution in [-0.4, -0.2) is 30.6 Å². The molecule has 1 aromatic heterocycles. The molecule has 2 aliphatic rings. The lowest BCUT2D eigenvalue weighted by Gasteiger charge is -2.30. The van der Waals surface area contributed by atoms with Gasteiger partial charge in [-0.3, -0.25) is 4.90 Å². The topological polar surface area (TPSA) is 28.4 Å². The number of likely N-dealkylation sites (N-methyl/N-ethyl adjacent to an activating group) is 1. The Hall–Kier alpha value is -1.32. The van der Waals surface area contributed by atoms with Gasteiger partial charge in [0.15, 0.2) is 0 Å². The highest BCUT2D eigenvalue weighted by molar-refractivity contribution is 5.77. The maximum absolute atomic E-state index is 6.08. The number of para-hydroxylation sites is 1. The van der Waals surface area contributed by atoms with E-state index in [1.54, 1.807) is 0 Å². The summed E-state index contributed by atoms with van der Waals surface area (Å²) in [5.41, 5.74) is 0.998. The van der Waals surface area contributed by atoms with Crippen molar-refractivity contribution >= 4 is 11.0 Å². The molecule has 1 saturated carbocycles. The summed E-state index contributed by atoms with van der Waals surface area (Å²) in [6.45, 7) is 5.51. The first-order chi connectivity index (χ1) is 10.3. The van der Waals surface area contributed by atoms with Crippen LogP contribution < -0.4 is 5.32 Å². The van der Waals surface area contributed by atoms with Gasteiger partial charge in [0.1, 0.15) is 11.3 Å². The molecule has 3 unspecified atom stereocenters. The number of fused-ring (bicyclic) bond motifs is 3. The Labute approximate surface area is 126 Å².